The highest BCUT2D eigenvalue weighted by molar-refractivity contribution is 6.23. The van der Waals surface area contributed by atoms with Crippen molar-refractivity contribution < 1.29 is 9.52 Å². The topological polar surface area (TPSA) is 78.3 Å². The summed E-state index contributed by atoms with van der Waals surface area (Å²) in [5, 5.41) is 18.8. The van der Waals surface area contributed by atoms with Crippen LogP contribution in [0.3, 0.4) is 0 Å². The van der Waals surface area contributed by atoms with Crippen LogP contribution < -0.4 is 0 Å². The van der Waals surface area contributed by atoms with Crippen molar-refractivity contribution in [3.05, 3.63) is 60.0 Å². The van der Waals surface area contributed by atoms with Gasteiger partial charge in [-0.2, -0.15) is 0 Å². The van der Waals surface area contributed by atoms with E-state index in [-0.39, 0.29) is 18.1 Å². The van der Waals surface area contributed by atoms with E-state index in [1.807, 2.05) is 48.0 Å². The van der Waals surface area contributed by atoms with E-state index in [0.29, 0.717) is 17.9 Å². The van der Waals surface area contributed by atoms with Crippen LogP contribution in [0, 0.1) is 5.41 Å². The lowest BCUT2D eigenvalue weighted by atomic mass is 10.2. The second kappa shape index (κ2) is 5.01. The molecule has 0 radical (unpaired) electrons. The lowest BCUT2D eigenvalue weighted by Crippen LogP contribution is -2.26. The molecule has 0 saturated carbocycles. The van der Waals surface area contributed by atoms with Gasteiger partial charge in [-0.15, -0.1) is 0 Å². The van der Waals surface area contributed by atoms with Gasteiger partial charge < -0.3 is 19.0 Å². The fourth-order valence-electron chi connectivity index (χ4n) is 2.96. The van der Waals surface area contributed by atoms with Crippen molar-refractivity contribution in [2.75, 3.05) is 6.54 Å². The molecule has 1 aromatic carbocycles. The first-order valence-corrected chi connectivity index (χ1v) is 7.35. The van der Waals surface area contributed by atoms with Gasteiger partial charge in [0.15, 0.2) is 0 Å². The molecule has 6 heteroatoms. The van der Waals surface area contributed by atoms with E-state index in [9.17, 15) is 5.11 Å². The summed E-state index contributed by atoms with van der Waals surface area (Å²) in [5.41, 5.74) is 2.30. The van der Waals surface area contributed by atoms with E-state index >= 15 is 0 Å². The highest BCUT2D eigenvalue weighted by atomic mass is 16.3. The molecule has 23 heavy (non-hydrogen) atoms. The normalized spacial score (nSPS) is 15.2. The number of fused-ring (bicyclic) bond motifs is 1. The Labute approximate surface area is 132 Å². The van der Waals surface area contributed by atoms with Crippen LogP contribution in [0.15, 0.2) is 52.8 Å². The molecule has 0 unspecified atom stereocenters. The Morgan fingerprint density at radius 1 is 1.26 bits per heavy atom. The molecule has 3 heterocycles. The summed E-state index contributed by atoms with van der Waals surface area (Å²) in [6.07, 6.45) is 1.61. The number of benzene rings is 1. The van der Waals surface area contributed by atoms with Gasteiger partial charge in [0.25, 0.3) is 0 Å². The number of rotatable bonds is 3. The number of nitrogens with zero attached hydrogens (tertiary/aromatic N) is 3. The SMILES string of the molecule is Cn1c(C2=C(O)CN(Cc3ccco3)C2=N)nc2ccccc21. The average Bonchev–Trinajstić information content (AvgIpc) is 3.22. The molecular formula is C17H16N4O2. The number of aryl methyl sites for hydroxylation is 1. The minimum atomic E-state index is 0.167. The summed E-state index contributed by atoms with van der Waals surface area (Å²) >= 11 is 0. The van der Waals surface area contributed by atoms with Crippen LogP contribution in [0.5, 0.6) is 0 Å². The Morgan fingerprint density at radius 2 is 2.09 bits per heavy atom. The smallest absolute Gasteiger partial charge is 0.148 e. The monoisotopic (exact) mass is 308 g/mol. The van der Waals surface area contributed by atoms with Crippen molar-refractivity contribution in [3.63, 3.8) is 0 Å². The maximum Gasteiger partial charge on any atom is 0.148 e. The standard InChI is InChI=1S/C17H16N4O2/c1-20-13-7-3-2-6-12(13)19-17(20)15-14(22)10-21(16(15)18)9-11-5-4-8-23-11/h2-8,18,22H,9-10H2,1H3. The molecule has 6 nitrogen and oxygen atoms in total. The van der Waals surface area contributed by atoms with Crippen molar-refractivity contribution in [1.82, 2.24) is 14.5 Å². The van der Waals surface area contributed by atoms with E-state index in [2.05, 4.69) is 4.98 Å². The Morgan fingerprint density at radius 3 is 2.83 bits per heavy atom. The number of furan rings is 1. The van der Waals surface area contributed by atoms with Crippen molar-refractivity contribution in [2.24, 2.45) is 7.05 Å². The fourth-order valence-corrected chi connectivity index (χ4v) is 2.96. The number of hydrogen-bond donors (Lipinski definition) is 2. The molecule has 0 saturated heterocycles. The number of amidine groups is 1. The molecule has 0 fully saturated rings. The zero-order valence-electron chi connectivity index (χ0n) is 12.7. The third-order valence-electron chi connectivity index (χ3n) is 4.12. The molecule has 0 spiro atoms. The first kappa shape index (κ1) is 13.6. The van der Waals surface area contributed by atoms with Crippen LogP contribution in [0.4, 0.5) is 0 Å². The summed E-state index contributed by atoms with van der Waals surface area (Å²) in [4.78, 5) is 6.35. The summed E-state index contributed by atoms with van der Waals surface area (Å²) in [6.45, 7) is 0.738. The lowest BCUT2D eigenvalue weighted by molar-refractivity contribution is 0.328. The molecule has 3 aromatic rings. The summed E-state index contributed by atoms with van der Waals surface area (Å²) in [5.74, 6) is 1.79. The number of aliphatic hydroxyl groups excluding tert-OH is 1. The number of aliphatic hydroxyl groups is 1. The van der Waals surface area contributed by atoms with Gasteiger partial charge >= 0.3 is 0 Å². The fraction of sp³-hybridized carbons (Fsp3) is 0.176. The molecule has 2 aromatic heterocycles. The van der Waals surface area contributed by atoms with Gasteiger partial charge in [-0.3, -0.25) is 5.41 Å². The maximum absolute atomic E-state index is 10.4. The number of para-hydroxylation sites is 2. The quantitative estimate of drug-likeness (QED) is 0.780. The second-order valence-corrected chi connectivity index (χ2v) is 5.59. The molecule has 0 bridgehead atoms. The lowest BCUT2D eigenvalue weighted by Gasteiger charge is -2.16. The van der Waals surface area contributed by atoms with Crippen molar-refractivity contribution in [1.29, 1.82) is 5.41 Å². The third kappa shape index (κ3) is 2.11. The minimum Gasteiger partial charge on any atom is -0.510 e. The van der Waals surface area contributed by atoms with Gasteiger partial charge in [0, 0.05) is 7.05 Å². The first-order chi connectivity index (χ1) is 11.1. The summed E-state index contributed by atoms with van der Waals surface area (Å²) in [7, 11) is 1.90. The Kier molecular flexibility index (Phi) is 2.97. The van der Waals surface area contributed by atoms with E-state index in [1.165, 1.54) is 0 Å². The van der Waals surface area contributed by atoms with Gasteiger partial charge in [-0.1, -0.05) is 12.1 Å². The summed E-state index contributed by atoms with van der Waals surface area (Å²) < 4.78 is 7.24. The number of nitrogens with one attached hydrogen (secondary N) is 1. The largest absolute Gasteiger partial charge is 0.510 e. The number of aromatic nitrogens is 2. The highest BCUT2D eigenvalue weighted by Crippen LogP contribution is 2.29. The highest BCUT2D eigenvalue weighted by Gasteiger charge is 2.31. The maximum atomic E-state index is 10.4. The van der Waals surface area contributed by atoms with Gasteiger partial charge in [0.05, 0.1) is 36.0 Å². The zero-order chi connectivity index (χ0) is 16.0. The van der Waals surface area contributed by atoms with Crippen LogP contribution in [-0.4, -0.2) is 31.9 Å². The predicted molar refractivity (Wildman–Crippen MR) is 87.1 cm³/mol. The Balaban J connectivity index is 1.71. The van der Waals surface area contributed by atoms with Crippen molar-refractivity contribution in [2.45, 2.75) is 6.54 Å². The molecule has 1 aliphatic rings. The van der Waals surface area contributed by atoms with Gasteiger partial charge in [0.2, 0.25) is 0 Å². The molecule has 116 valence electrons. The summed E-state index contributed by atoms with van der Waals surface area (Å²) in [6, 6.07) is 11.5. The molecule has 1 aliphatic heterocycles. The van der Waals surface area contributed by atoms with Crippen molar-refractivity contribution in [3.8, 4) is 0 Å². The first-order valence-electron chi connectivity index (χ1n) is 7.35. The predicted octanol–water partition coefficient (Wildman–Crippen LogP) is 2.93. The van der Waals surface area contributed by atoms with E-state index in [4.69, 9.17) is 9.83 Å². The molecule has 2 N–H and O–H groups in total. The third-order valence-corrected chi connectivity index (χ3v) is 4.12. The average molecular weight is 308 g/mol. The minimum absolute atomic E-state index is 0.167. The van der Waals surface area contributed by atoms with E-state index in [0.717, 1.165) is 16.8 Å². The van der Waals surface area contributed by atoms with Gasteiger partial charge in [0.1, 0.15) is 23.2 Å². The molecule has 0 aliphatic carbocycles. The van der Waals surface area contributed by atoms with Crippen LogP contribution in [-0.2, 0) is 13.6 Å². The molecule has 0 amide bonds. The van der Waals surface area contributed by atoms with E-state index in [1.54, 1.807) is 11.2 Å². The van der Waals surface area contributed by atoms with Crippen molar-refractivity contribution >= 4 is 22.4 Å². The van der Waals surface area contributed by atoms with E-state index < -0.39 is 0 Å². The van der Waals surface area contributed by atoms with Gasteiger partial charge in [-0.05, 0) is 24.3 Å². The van der Waals surface area contributed by atoms with Crippen LogP contribution >= 0.6 is 0 Å². The second-order valence-electron chi connectivity index (χ2n) is 5.59. The molecule has 4 rings (SSSR count). The zero-order valence-corrected chi connectivity index (χ0v) is 12.7. The Bertz CT molecular complexity index is 921. The van der Waals surface area contributed by atoms with Crippen LogP contribution in [0.2, 0.25) is 0 Å². The van der Waals surface area contributed by atoms with Crippen LogP contribution in [0.1, 0.15) is 11.6 Å². The molecule has 0 atom stereocenters. The Hall–Kier alpha value is -3.02. The van der Waals surface area contributed by atoms with Crippen LogP contribution in [0.25, 0.3) is 16.6 Å². The number of imidazole rings is 1. The molecular weight excluding hydrogens is 292 g/mol. The number of hydrogen-bond acceptors (Lipinski definition) is 4. The van der Waals surface area contributed by atoms with Gasteiger partial charge in [-0.25, -0.2) is 4.98 Å².